The highest BCUT2D eigenvalue weighted by molar-refractivity contribution is 5.73. The van der Waals surface area contributed by atoms with Gasteiger partial charge >= 0.3 is 12.1 Å². The molecule has 108 valence electrons. The standard InChI is InChI=1S/C14H23NO4/c1-13(2,3)19-12(18)15-8-6-14(7-9-15)5-4-10(14)11(16)17/h10H,4-9H2,1-3H3,(H,16,17)/t10-/m1/s1. The van der Waals surface area contributed by atoms with E-state index in [-0.39, 0.29) is 17.4 Å². The number of nitrogens with zero attached hydrogens (tertiary/aromatic N) is 1. The van der Waals surface area contributed by atoms with E-state index in [0.717, 1.165) is 25.7 Å². The van der Waals surface area contributed by atoms with E-state index in [4.69, 9.17) is 4.74 Å². The third kappa shape index (κ3) is 2.85. The zero-order valence-electron chi connectivity index (χ0n) is 11.9. The van der Waals surface area contributed by atoms with Gasteiger partial charge in [0.1, 0.15) is 5.60 Å². The van der Waals surface area contributed by atoms with Crippen molar-refractivity contribution in [3.63, 3.8) is 0 Å². The van der Waals surface area contributed by atoms with Gasteiger partial charge in [-0.2, -0.15) is 0 Å². The Balaban J connectivity index is 1.89. The molecule has 1 saturated heterocycles. The van der Waals surface area contributed by atoms with Crippen LogP contribution in [0.15, 0.2) is 0 Å². The van der Waals surface area contributed by atoms with E-state index in [1.807, 2.05) is 20.8 Å². The van der Waals surface area contributed by atoms with E-state index in [1.165, 1.54) is 0 Å². The molecule has 1 aliphatic carbocycles. The van der Waals surface area contributed by atoms with Crippen LogP contribution in [-0.4, -0.2) is 40.8 Å². The third-order valence-electron chi connectivity index (χ3n) is 4.38. The average Bonchev–Trinajstić information content (AvgIpc) is 2.24. The highest BCUT2D eigenvalue weighted by Crippen LogP contribution is 2.53. The normalized spacial score (nSPS) is 25.8. The van der Waals surface area contributed by atoms with Gasteiger partial charge in [-0.25, -0.2) is 4.79 Å². The summed E-state index contributed by atoms with van der Waals surface area (Å²) in [5.74, 6) is -0.898. The zero-order chi connectivity index (χ0) is 14.3. The molecular formula is C14H23NO4. The topological polar surface area (TPSA) is 66.8 Å². The molecule has 2 aliphatic rings. The van der Waals surface area contributed by atoms with Gasteiger partial charge in [0.05, 0.1) is 5.92 Å². The maximum absolute atomic E-state index is 11.9. The summed E-state index contributed by atoms with van der Waals surface area (Å²) in [7, 11) is 0. The van der Waals surface area contributed by atoms with Crippen molar-refractivity contribution < 1.29 is 19.4 Å². The van der Waals surface area contributed by atoms with Gasteiger partial charge < -0.3 is 14.7 Å². The highest BCUT2D eigenvalue weighted by Gasteiger charge is 2.52. The van der Waals surface area contributed by atoms with Crippen LogP contribution >= 0.6 is 0 Å². The number of ether oxygens (including phenoxy) is 1. The number of piperidine rings is 1. The lowest BCUT2D eigenvalue weighted by Crippen LogP contribution is -2.53. The first-order chi connectivity index (χ1) is 8.73. The molecule has 0 aromatic carbocycles. The molecule has 19 heavy (non-hydrogen) atoms. The number of carbonyl (C=O) groups excluding carboxylic acids is 1. The van der Waals surface area contributed by atoms with Gasteiger partial charge in [0.15, 0.2) is 0 Å². The molecule has 1 N–H and O–H groups in total. The van der Waals surface area contributed by atoms with Crippen LogP contribution in [0.5, 0.6) is 0 Å². The van der Waals surface area contributed by atoms with Crippen molar-refractivity contribution in [3.05, 3.63) is 0 Å². The van der Waals surface area contributed by atoms with E-state index in [0.29, 0.717) is 13.1 Å². The van der Waals surface area contributed by atoms with E-state index >= 15 is 0 Å². The van der Waals surface area contributed by atoms with Crippen molar-refractivity contribution >= 4 is 12.1 Å². The van der Waals surface area contributed by atoms with E-state index in [9.17, 15) is 14.7 Å². The third-order valence-corrected chi connectivity index (χ3v) is 4.38. The molecule has 1 spiro atoms. The summed E-state index contributed by atoms with van der Waals surface area (Å²) in [6.07, 6.45) is 3.04. The SMILES string of the molecule is CC(C)(C)OC(=O)N1CCC2(CC[C@@H]2C(=O)O)CC1. The van der Waals surface area contributed by atoms with Crippen molar-refractivity contribution in [2.75, 3.05) is 13.1 Å². The van der Waals surface area contributed by atoms with Crippen LogP contribution in [0.25, 0.3) is 0 Å². The molecule has 2 rings (SSSR count). The predicted octanol–water partition coefficient (Wildman–Crippen LogP) is 2.50. The zero-order valence-corrected chi connectivity index (χ0v) is 11.9. The molecule has 0 unspecified atom stereocenters. The number of carboxylic acid groups (broad SMARTS) is 1. The van der Waals surface area contributed by atoms with Gasteiger partial charge in [0.2, 0.25) is 0 Å². The molecule has 2 fully saturated rings. The molecule has 1 atom stereocenters. The van der Waals surface area contributed by atoms with Crippen molar-refractivity contribution in [1.82, 2.24) is 4.90 Å². The minimum absolute atomic E-state index is 0.0651. The molecule has 1 amide bonds. The fraction of sp³-hybridized carbons (Fsp3) is 0.857. The maximum Gasteiger partial charge on any atom is 0.410 e. The van der Waals surface area contributed by atoms with Crippen LogP contribution in [0, 0.1) is 11.3 Å². The number of hydrogen-bond acceptors (Lipinski definition) is 3. The Hall–Kier alpha value is -1.26. The van der Waals surface area contributed by atoms with Gasteiger partial charge in [0, 0.05) is 13.1 Å². The first-order valence-electron chi connectivity index (χ1n) is 6.94. The van der Waals surface area contributed by atoms with Gasteiger partial charge in [-0.15, -0.1) is 0 Å². The molecule has 0 radical (unpaired) electrons. The lowest BCUT2D eigenvalue weighted by atomic mass is 9.55. The maximum atomic E-state index is 11.9. The lowest BCUT2D eigenvalue weighted by molar-refractivity contribution is -0.157. The molecule has 0 aromatic rings. The van der Waals surface area contributed by atoms with E-state index in [2.05, 4.69) is 0 Å². The Morgan fingerprint density at radius 3 is 2.16 bits per heavy atom. The average molecular weight is 269 g/mol. The van der Waals surface area contributed by atoms with Crippen LogP contribution in [-0.2, 0) is 9.53 Å². The van der Waals surface area contributed by atoms with Gasteiger partial charge in [0.25, 0.3) is 0 Å². The Morgan fingerprint density at radius 1 is 1.21 bits per heavy atom. The largest absolute Gasteiger partial charge is 0.481 e. The summed E-state index contributed by atoms with van der Waals surface area (Å²) >= 11 is 0. The minimum Gasteiger partial charge on any atom is -0.481 e. The number of rotatable bonds is 1. The van der Waals surface area contributed by atoms with Crippen molar-refractivity contribution in [1.29, 1.82) is 0 Å². The molecular weight excluding hydrogens is 246 g/mol. The van der Waals surface area contributed by atoms with Crippen LogP contribution in [0.4, 0.5) is 4.79 Å². The summed E-state index contributed by atoms with van der Waals surface area (Å²) in [5.41, 5.74) is -0.545. The Morgan fingerprint density at radius 2 is 1.79 bits per heavy atom. The smallest absolute Gasteiger partial charge is 0.410 e. The van der Waals surface area contributed by atoms with Gasteiger partial charge in [-0.05, 0) is 51.9 Å². The van der Waals surface area contributed by atoms with Crippen LogP contribution < -0.4 is 0 Å². The molecule has 1 heterocycles. The number of amides is 1. The lowest BCUT2D eigenvalue weighted by Gasteiger charge is -2.51. The van der Waals surface area contributed by atoms with Gasteiger partial charge in [-0.3, -0.25) is 4.79 Å². The van der Waals surface area contributed by atoms with E-state index in [1.54, 1.807) is 4.90 Å². The highest BCUT2D eigenvalue weighted by atomic mass is 16.6. The summed E-state index contributed by atoms with van der Waals surface area (Å²) in [6, 6.07) is 0. The molecule has 0 aromatic heterocycles. The summed E-state index contributed by atoms with van der Waals surface area (Å²) in [6.45, 7) is 6.77. The van der Waals surface area contributed by atoms with Crippen LogP contribution in [0.2, 0.25) is 0 Å². The Bertz CT molecular complexity index is 377. The van der Waals surface area contributed by atoms with E-state index < -0.39 is 11.6 Å². The monoisotopic (exact) mass is 269 g/mol. The number of aliphatic carboxylic acids is 1. The summed E-state index contributed by atoms with van der Waals surface area (Å²) in [4.78, 5) is 24.8. The second-order valence-corrected chi connectivity index (χ2v) is 6.76. The molecule has 1 saturated carbocycles. The predicted molar refractivity (Wildman–Crippen MR) is 69.8 cm³/mol. The minimum atomic E-state index is -0.683. The van der Waals surface area contributed by atoms with Crippen molar-refractivity contribution in [2.24, 2.45) is 11.3 Å². The second kappa shape index (κ2) is 4.69. The molecule has 5 heteroatoms. The van der Waals surface area contributed by atoms with Crippen molar-refractivity contribution in [2.45, 2.75) is 52.1 Å². The van der Waals surface area contributed by atoms with Crippen LogP contribution in [0.3, 0.4) is 0 Å². The Kier molecular flexibility index (Phi) is 3.49. The fourth-order valence-corrected chi connectivity index (χ4v) is 3.14. The quantitative estimate of drug-likeness (QED) is 0.794. The molecule has 0 bridgehead atoms. The van der Waals surface area contributed by atoms with Crippen molar-refractivity contribution in [3.8, 4) is 0 Å². The fourth-order valence-electron chi connectivity index (χ4n) is 3.14. The summed E-state index contributed by atoms with van der Waals surface area (Å²) in [5, 5.41) is 9.17. The second-order valence-electron chi connectivity index (χ2n) is 6.76. The first kappa shape index (κ1) is 14.2. The number of likely N-dealkylation sites (tertiary alicyclic amines) is 1. The molecule has 1 aliphatic heterocycles. The first-order valence-corrected chi connectivity index (χ1v) is 6.94. The number of hydrogen-bond donors (Lipinski definition) is 1. The Labute approximate surface area is 113 Å². The van der Waals surface area contributed by atoms with Crippen LogP contribution in [0.1, 0.15) is 46.5 Å². The number of carboxylic acids is 1. The van der Waals surface area contributed by atoms with Gasteiger partial charge in [-0.1, -0.05) is 0 Å². The summed E-state index contributed by atoms with van der Waals surface area (Å²) < 4.78 is 5.34. The molecule has 5 nitrogen and oxygen atoms in total. The number of carbonyl (C=O) groups is 2.